The van der Waals surface area contributed by atoms with Crippen LogP contribution in [0.15, 0.2) is 47.3 Å². The van der Waals surface area contributed by atoms with E-state index in [1.54, 1.807) is 18.2 Å². The van der Waals surface area contributed by atoms with Crippen molar-refractivity contribution in [2.75, 3.05) is 13.6 Å². The van der Waals surface area contributed by atoms with Crippen molar-refractivity contribution in [1.29, 1.82) is 0 Å². The summed E-state index contributed by atoms with van der Waals surface area (Å²) in [5.41, 5.74) is 10.6. The third-order valence-corrected chi connectivity index (χ3v) is 5.62. The summed E-state index contributed by atoms with van der Waals surface area (Å²) in [6, 6.07) is 7.08. The highest BCUT2D eigenvalue weighted by atomic mass is 16.6. The van der Waals surface area contributed by atoms with Gasteiger partial charge >= 0.3 is 0 Å². The molecule has 0 amide bonds. The fourth-order valence-electron chi connectivity index (χ4n) is 3.79. The normalized spacial score (nSPS) is 17.3. The molecule has 27 heavy (non-hydrogen) atoms. The number of rotatable bonds is 10. The van der Waals surface area contributed by atoms with Crippen LogP contribution in [-0.2, 0) is 0 Å². The van der Waals surface area contributed by atoms with Gasteiger partial charge in [0.1, 0.15) is 0 Å². The zero-order valence-electron chi connectivity index (χ0n) is 16.9. The van der Waals surface area contributed by atoms with E-state index in [9.17, 15) is 10.1 Å². The molecule has 5 nitrogen and oxygen atoms in total. The number of non-ortho nitro benzene ring substituents is 1. The van der Waals surface area contributed by atoms with Crippen LogP contribution in [0.25, 0.3) is 0 Å². The van der Waals surface area contributed by atoms with Gasteiger partial charge in [0.15, 0.2) is 0 Å². The summed E-state index contributed by atoms with van der Waals surface area (Å²) in [5, 5.41) is 11.2. The molecular weight excluding hydrogens is 338 g/mol. The Balaban J connectivity index is 2.11. The van der Waals surface area contributed by atoms with E-state index in [1.807, 2.05) is 6.07 Å². The van der Waals surface area contributed by atoms with E-state index >= 15 is 0 Å². The Morgan fingerprint density at radius 1 is 1.11 bits per heavy atom. The summed E-state index contributed by atoms with van der Waals surface area (Å²) in [6.45, 7) is 5.05. The van der Waals surface area contributed by atoms with Crippen LogP contribution in [0.2, 0.25) is 0 Å². The third-order valence-electron chi connectivity index (χ3n) is 5.62. The van der Waals surface area contributed by atoms with Crippen LogP contribution in [0.4, 0.5) is 5.69 Å². The molecule has 2 rings (SSSR count). The van der Waals surface area contributed by atoms with E-state index in [0.29, 0.717) is 0 Å². The quantitative estimate of drug-likeness (QED) is 0.335. The SMILES string of the molecule is CC1=CC(c2cccc([N+](=O)[O-])c2)C(CCCCCCCCN)=C(C)N1C. The summed E-state index contributed by atoms with van der Waals surface area (Å²) in [6.07, 6.45) is 10.5. The molecule has 1 unspecified atom stereocenters. The Hall–Kier alpha value is -2.14. The van der Waals surface area contributed by atoms with Gasteiger partial charge in [-0.3, -0.25) is 10.1 Å². The predicted octanol–water partition coefficient (Wildman–Crippen LogP) is 5.49. The first-order valence-corrected chi connectivity index (χ1v) is 10.0. The van der Waals surface area contributed by atoms with Gasteiger partial charge in [0.25, 0.3) is 5.69 Å². The first kappa shape index (κ1) is 21.2. The number of hydrogen-bond donors (Lipinski definition) is 1. The Bertz CT molecular complexity index is 709. The van der Waals surface area contributed by atoms with E-state index in [4.69, 9.17) is 5.73 Å². The number of nitro benzene ring substituents is 1. The molecule has 0 saturated carbocycles. The minimum absolute atomic E-state index is 0.123. The number of unbranched alkanes of at least 4 members (excludes halogenated alkanes) is 5. The number of nitrogens with two attached hydrogens (primary N) is 1. The van der Waals surface area contributed by atoms with E-state index < -0.39 is 0 Å². The monoisotopic (exact) mass is 371 g/mol. The number of nitro groups is 1. The number of benzene rings is 1. The van der Waals surface area contributed by atoms with Gasteiger partial charge in [-0.25, -0.2) is 0 Å². The highest BCUT2D eigenvalue weighted by Gasteiger charge is 2.25. The lowest BCUT2D eigenvalue weighted by Gasteiger charge is -2.33. The van der Waals surface area contributed by atoms with E-state index in [1.165, 1.54) is 42.7 Å². The van der Waals surface area contributed by atoms with E-state index in [2.05, 4.69) is 31.9 Å². The minimum atomic E-state index is -0.313. The molecule has 0 spiro atoms. The zero-order chi connectivity index (χ0) is 19.8. The molecular formula is C22H33N3O2. The van der Waals surface area contributed by atoms with Gasteiger partial charge in [-0.1, -0.05) is 43.9 Å². The van der Waals surface area contributed by atoms with Crippen molar-refractivity contribution >= 4 is 5.69 Å². The van der Waals surface area contributed by atoms with Crippen LogP contribution in [-0.4, -0.2) is 23.4 Å². The van der Waals surface area contributed by atoms with Crippen molar-refractivity contribution in [3.05, 3.63) is 63.0 Å². The molecule has 1 heterocycles. The maximum atomic E-state index is 11.2. The molecule has 5 heteroatoms. The summed E-state index contributed by atoms with van der Waals surface area (Å²) < 4.78 is 0. The van der Waals surface area contributed by atoms with Gasteiger partial charge in [-0.2, -0.15) is 0 Å². The highest BCUT2D eigenvalue weighted by Crippen LogP contribution is 2.39. The van der Waals surface area contributed by atoms with Crippen molar-refractivity contribution in [3.63, 3.8) is 0 Å². The van der Waals surface area contributed by atoms with Crippen LogP contribution in [0, 0.1) is 10.1 Å². The standard InChI is InChI=1S/C22H33N3O2/c1-17-15-22(19-11-10-12-20(16-19)25(26)27)21(18(2)24(17)3)13-8-6-4-5-7-9-14-23/h10-12,15-16,22H,4-9,13-14,23H2,1-3H3. The van der Waals surface area contributed by atoms with Crippen LogP contribution >= 0.6 is 0 Å². The number of nitrogens with zero attached hydrogens (tertiary/aromatic N) is 2. The van der Waals surface area contributed by atoms with Crippen LogP contribution in [0.5, 0.6) is 0 Å². The molecule has 0 saturated heterocycles. The molecule has 0 fully saturated rings. The van der Waals surface area contributed by atoms with Gasteiger partial charge in [0.2, 0.25) is 0 Å². The second kappa shape index (κ2) is 10.3. The maximum Gasteiger partial charge on any atom is 0.269 e. The highest BCUT2D eigenvalue weighted by molar-refractivity contribution is 5.45. The van der Waals surface area contributed by atoms with Gasteiger partial charge in [-0.15, -0.1) is 0 Å². The third kappa shape index (κ3) is 5.67. The molecule has 1 aromatic rings. The molecule has 148 valence electrons. The summed E-state index contributed by atoms with van der Waals surface area (Å²) in [4.78, 5) is 13.1. The van der Waals surface area contributed by atoms with E-state index in [-0.39, 0.29) is 16.5 Å². The van der Waals surface area contributed by atoms with Crippen LogP contribution in [0.3, 0.4) is 0 Å². The summed E-state index contributed by atoms with van der Waals surface area (Å²) >= 11 is 0. The largest absolute Gasteiger partial charge is 0.352 e. The lowest BCUT2D eigenvalue weighted by Crippen LogP contribution is -2.22. The van der Waals surface area contributed by atoms with Crippen LogP contribution < -0.4 is 5.73 Å². The molecule has 0 aromatic heterocycles. The van der Waals surface area contributed by atoms with E-state index in [0.717, 1.165) is 31.4 Å². The number of allylic oxidation sites excluding steroid dienone is 4. The maximum absolute atomic E-state index is 11.2. The van der Waals surface area contributed by atoms with Gasteiger partial charge in [0, 0.05) is 36.5 Å². The summed E-state index contributed by atoms with van der Waals surface area (Å²) in [5.74, 6) is 0.123. The Labute approximate surface area is 163 Å². The number of hydrogen-bond acceptors (Lipinski definition) is 4. The molecule has 1 aliphatic heterocycles. The summed E-state index contributed by atoms with van der Waals surface area (Å²) in [7, 11) is 2.09. The molecule has 1 aliphatic rings. The van der Waals surface area contributed by atoms with Gasteiger partial charge in [0.05, 0.1) is 4.92 Å². The molecule has 1 aromatic carbocycles. The van der Waals surface area contributed by atoms with Crippen molar-refractivity contribution in [2.24, 2.45) is 5.73 Å². The molecule has 1 atom stereocenters. The van der Waals surface area contributed by atoms with Crippen molar-refractivity contribution in [1.82, 2.24) is 4.90 Å². The van der Waals surface area contributed by atoms with Crippen molar-refractivity contribution in [3.8, 4) is 0 Å². The van der Waals surface area contributed by atoms with Crippen molar-refractivity contribution < 1.29 is 4.92 Å². The second-order valence-corrected chi connectivity index (χ2v) is 7.47. The topological polar surface area (TPSA) is 72.4 Å². The van der Waals surface area contributed by atoms with Crippen LogP contribution in [0.1, 0.15) is 70.3 Å². The second-order valence-electron chi connectivity index (χ2n) is 7.47. The van der Waals surface area contributed by atoms with Gasteiger partial charge < -0.3 is 10.6 Å². The first-order valence-electron chi connectivity index (χ1n) is 10.0. The lowest BCUT2D eigenvalue weighted by atomic mass is 9.83. The predicted molar refractivity (Wildman–Crippen MR) is 111 cm³/mol. The fourth-order valence-corrected chi connectivity index (χ4v) is 3.79. The molecule has 0 bridgehead atoms. The minimum Gasteiger partial charge on any atom is -0.352 e. The molecule has 2 N–H and O–H groups in total. The Kier molecular flexibility index (Phi) is 8.04. The Morgan fingerprint density at radius 3 is 2.44 bits per heavy atom. The smallest absolute Gasteiger partial charge is 0.269 e. The Morgan fingerprint density at radius 2 is 1.78 bits per heavy atom. The molecule has 0 radical (unpaired) electrons. The zero-order valence-corrected chi connectivity index (χ0v) is 16.9. The lowest BCUT2D eigenvalue weighted by molar-refractivity contribution is -0.384. The average molecular weight is 372 g/mol. The fraction of sp³-hybridized carbons (Fsp3) is 0.545. The average Bonchev–Trinajstić information content (AvgIpc) is 2.66. The molecule has 0 aliphatic carbocycles. The van der Waals surface area contributed by atoms with Crippen molar-refractivity contribution in [2.45, 2.75) is 64.7 Å². The van der Waals surface area contributed by atoms with Gasteiger partial charge in [-0.05, 0) is 50.8 Å². The first-order chi connectivity index (χ1) is 13.0.